The fraction of sp³-hybridized carbons (Fsp3) is 0.481. The first kappa shape index (κ1) is 53.6. The summed E-state index contributed by atoms with van der Waals surface area (Å²) in [4.78, 5) is 25.7. The van der Waals surface area contributed by atoms with Gasteiger partial charge in [-0.25, -0.2) is 9.59 Å². The van der Waals surface area contributed by atoms with Crippen molar-refractivity contribution >= 4 is 11.9 Å². The third-order valence-electron chi connectivity index (χ3n) is 14.5. The van der Waals surface area contributed by atoms with E-state index in [0.717, 1.165) is 71.5 Å². The van der Waals surface area contributed by atoms with Crippen LogP contribution in [0.2, 0.25) is 0 Å². The van der Waals surface area contributed by atoms with E-state index in [1.807, 2.05) is 48.5 Å². The van der Waals surface area contributed by atoms with Gasteiger partial charge in [0.15, 0.2) is 23.0 Å². The number of nitrogens with zero attached hydrogens (tertiary/aromatic N) is 2. The number of aliphatic hydroxyl groups is 5. The van der Waals surface area contributed by atoms with Crippen LogP contribution in [0.25, 0.3) is 0 Å². The van der Waals surface area contributed by atoms with E-state index in [1.54, 1.807) is 28.4 Å². The van der Waals surface area contributed by atoms with Crippen molar-refractivity contribution in [1.29, 1.82) is 0 Å². The molecule has 0 saturated heterocycles. The fourth-order valence-corrected chi connectivity index (χ4v) is 10.6. The van der Waals surface area contributed by atoms with E-state index >= 15 is 0 Å². The molecule has 0 aliphatic carbocycles. The minimum Gasteiger partial charge on any atom is -0.496 e. The topological polar surface area (TPSA) is 200 Å². The van der Waals surface area contributed by atoms with E-state index in [-0.39, 0.29) is 58.3 Å². The van der Waals surface area contributed by atoms with Crippen LogP contribution >= 0.6 is 0 Å². The van der Waals surface area contributed by atoms with Crippen LogP contribution in [0.5, 0.6) is 28.7 Å². The van der Waals surface area contributed by atoms with Crippen LogP contribution in [0.3, 0.4) is 0 Å². The van der Waals surface area contributed by atoms with E-state index in [2.05, 4.69) is 14.1 Å². The van der Waals surface area contributed by atoms with Crippen LogP contribution in [0.4, 0.5) is 0 Å². The largest absolute Gasteiger partial charge is 0.496 e. The van der Waals surface area contributed by atoms with Gasteiger partial charge in [0.1, 0.15) is 17.8 Å². The Balaban J connectivity index is 1.07. The Bertz CT molecular complexity index is 2270. The number of esters is 2. The molecule has 0 saturated carbocycles. The van der Waals surface area contributed by atoms with Crippen LogP contribution < -0.4 is 23.7 Å². The SMILES string of the molecule is COc1cc2c(cc1OC)[C@@H](Cc1cc(CO)c(OC)c(OC)c1)[N@+](C)(CCCOC(=O)/C=C/C(=O)OCCC[N@+]1(C)CCc3cc(CO)c(CO)cc3[C@H]1Cc1cc(CO)c(CO)c(OC)c1)CC2. The highest BCUT2D eigenvalue weighted by molar-refractivity contribution is 5.91. The summed E-state index contributed by atoms with van der Waals surface area (Å²) < 4.78 is 40.6. The number of methoxy groups -OCH3 is 5. The molecule has 0 radical (unpaired) electrons. The first-order valence-electron chi connectivity index (χ1n) is 23.8. The van der Waals surface area contributed by atoms with Gasteiger partial charge in [-0.1, -0.05) is 12.1 Å². The van der Waals surface area contributed by atoms with Crippen molar-refractivity contribution in [3.8, 4) is 28.7 Å². The molecule has 0 amide bonds. The van der Waals surface area contributed by atoms with E-state index in [1.165, 1.54) is 7.11 Å². The minimum absolute atomic E-state index is 0.0343. The highest BCUT2D eigenvalue weighted by Crippen LogP contribution is 2.44. The summed E-state index contributed by atoms with van der Waals surface area (Å²) in [6.45, 7) is 2.01. The molecule has 5 N–H and O–H groups in total. The summed E-state index contributed by atoms with van der Waals surface area (Å²) >= 11 is 0. The fourth-order valence-electron chi connectivity index (χ4n) is 10.6. The van der Waals surface area contributed by atoms with Crippen molar-refractivity contribution in [3.05, 3.63) is 122 Å². The van der Waals surface area contributed by atoms with Crippen LogP contribution in [0, 0.1) is 0 Å². The predicted molar refractivity (Wildman–Crippen MR) is 261 cm³/mol. The summed E-state index contributed by atoms with van der Waals surface area (Å²) in [5.41, 5.74) is 9.40. The molecule has 0 bridgehead atoms. The maximum atomic E-state index is 12.9. The van der Waals surface area contributed by atoms with Crippen molar-refractivity contribution < 1.29 is 77.2 Å². The zero-order valence-corrected chi connectivity index (χ0v) is 41.8. The van der Waals surface area contributed by atoms with E-state index < -0.39 is 11.9 Å². The third kappa shape index (κ3) is 12.1. The standard InChI is InChI=1S/C54H72N2O14/c1-55(16-12-37-26-39(30-57)40(31-58)27-43(37)46(55)22-35-20-41(32-59)45(34-61)48(24-35)64-3)14-8-18-69-52(62)10-11-53(63)70-19-9-15-56(2)17-13-38-28-49(65-4)50(66-5)29-44(38)47(56)23-36-21-42(33-60)54(68-7)51(25-36)67-6/h10-11,20-21,24-29,46-47,57-61H,8-9,12-19,22-23,30-34H2,1-7H3/q+2/b11-10+/t46-,47-,55-,56-/m1/s1. The third-order valence-corrected chi connectivity index (χ3v) is 14.5. The quantitative estimate of drug-likeness (QED) is 0.0275. The predicted octanol–water partition coefficient (Wildman–Crippen LogP) is 4.89. The molecular weight excluding hydrogens is 901 g/mol. The zero-order chi connectivity index (χ0) is 50.6. The van der Waals surface area contributed by atoms with Crippen LogP contribution in [0.1, 0.15) is 86.1 Å². The molecule has 4 aromatic rings. The Labute approximate surface area is 411 Å². The molecule has 6 rings (SSSR count). The number of aliphatic hydroxyl groups excluding tert-OH is 5. The van der Waals surface area contributed by atoms with Gasteiger partial charge in [0, 0.05) is 72.9 Å². The lowest BCUT2D eigenvalue weighted by atomic mass is 9.83. The normalized spacial score (nSPS) is 19.5. The molecule has 0 aromatic heterocycles. The smallest absolute Gasteiger partial charge is 0.331 e. The number of hydrogen-bond acceptors (Lipinski definition) is 14. The number of ether oxygens (including phenoxy) is 7. The van der Waals surface area contributed by atoms with Gasteiger partial charge in [-0.2, -0.15) is 0 Å². The van der Waals surface area contributed by atoms with E-state index in [4.69, 9.17) is 33.2 Å². The first-order valence-corrected chi connectivity index (χ1v) is 23.8. The molecule has 70 heavy (non-hydrogen) atoms. The molecule has 16 nitrogen and oxygen atoms in total. The Morgan fingerprint density at radius 1 is 0.529 bits per heavy atom. The number of fused-ring (bicyclic) bond motifs is 2. The summed E-state index contributed by atoms with van der Waals surface area (Å²) in [5.74, 6) is 1.52. The highest BCUT2D eigenvalue weighted by Gasteiger charge is 2.41. The number of carbonyl (C=O) groups is 2. The van der Waals surface area contributed by atoms with Crippen molar-refractivity contribution in [2.24, 2.45) is 0 Å². The van der Waals surface area contributed by atoms with Crippen LogP contribution in [0.15, 0.2) is 60.7 Å². The molecule has 0 spiro atoms. The van der Waals surface area contributed by atoms with Crippen molar-refractivity contribution in [1.82, 2.24) is 0 Å². The second kappa shape index (κ2) is 24.4. The van der Waals surface area contributed by atoms with Gasteiger partial charge in [0.25, 0.3) is 0 Å². The zero-order valence-electron chi connectivity index (χ0n) is 41.8. The monoisotopic (exact) mass is 972 g/mol. The average Bonchev–Trinajstić information content (AvgIpc) is 3.38. The van der Waals surface area contributed by atoms with E-state index in [9.17, 15) is 35.1 Å². The summed E-state index contributed by atoms with van der Waals surface area (Å²) in [7, 11) is 12.3. The lowest BCUT2D eigenvalue weighted by Gasteiger charge is -2.46. The van der Waals surface area contributed by atoms with Gasteiger partial charge < -0.3 is 67.7 Å². The first-order chi connectivity index (χ1) is 33.7. The molecule has 380 valence electrons. The summed E-state index contributed by atoms with van der Waals surface area (Å²) in [6.07, 6.45) is 5.98. The molecule has 0 fully saturated rings. The maximum Gasteiger partial charge on any atom is 0.331 e. The second-order valence-electron chi connectivity index (χ2n) is 18.6. The molecule has 2 heterocycles. The molecule has 4 aromatic carbocycles. The molecule has 2 aliphatic rings. The molecule has 4 atom stereocenters. The highest BCUT2D eigenvalue weighted by atomic mass is 16.5. The van der Waals surface area contributed by atoms with Gasteiger partial charge in [0.05, 0.1) is 122 Å². The second-order valence-corrected chi connectivity index (χ2v) is 18.6. The van der Waals surface area contributed by atoms with Gasteiger partial charge >= 0.3 is 11.9 Å². The van der Waals surface area contributed by atoms with Gasteiger partial charge in [-0.05, 0) is 75.3 Å². The Hall–Kier alpha value is -5.72. The van der Waals surface area contributed by atoms with Crippen molar-refractivity contribution in [2.75, 3.05) is 89.0 Å². The number of rotatable bonds is 24. The minimum atomic E-state index is -0.656. The van der Waals surface area contributed by atoms with Gasteiger partial charge in [0.2, 0.25) is 0 Å². The van der Waals surface area contributed by atoms with Gasteiger partial charge in [-0.15, -0.1) is 0 Å². The van der Waals surface area contributed by atoms with Crippen LogP contribution in [-0.2, 0) is 77.8 Å². The lowest BCUT2D eigenvalue weighted by Crippen LogP contribution is -2.52. The summed E-state index contributed by atoms with van der Waals surface area (Å²) in [6, 6.07) is 15.6. The number of quaternary nitrogens is 2. The number of hydrogen-bond donors (Lipinski definition) is 5. The molecule has 2 aliphatic heterocycles. The number of likely N-dealkylation sites (N-methyl/N-ethyl adjacent to an activating group) is 2. The van der Waals surface area contributed by atoms with Gasteiger partial charge in [-0.3, -0.25) is 0 Å². The molecular formula is C54H72N2O14+2. The van der Waals surface area contributed by atoms with Crippen molar-refractivity contribution in [2.45, 2.75) is 83.6 Å². The summed E-state index contributed by atoms with van der Waals surface area (Å²) in [5, 5.41) is 50.7. The average molecular weight is 973 g/mol. The van der Waals surface area contributed by atoms with E-state index in [0.29, 0.717) is 104 Å². The Morgan fingerprint density at radius 2 is 0.986 bits per heavy atom. The molecule has 16 heteroatoms. The Morgan fingerprint density at radius 3 is 1.47 bits per heavy atom. The molecule has 0 unspecified atom stereocenters. The van der Waals surface area contributed by atoms with Crippen LogP contribution in [-0.4, -0.2) is 135 Å². The number of benzene rings is 4. The number of carbonyl (C=O) groups excluding carboxylic acids is 2. The lowest BCUT2D eigenvalue weighted by molar-refractivity contribution is -0.941. The Kier molecular flexibility index (Phi) is 18.7. The maximum absolute atomic E-state index is 12.9. The van der Waals surface area contributed by atoms with Crippen molar-refractivity contribution in [3.63, 3.8) is 0 Å².